The van der Waals surface area contributed by atoms with Gasteiger partial charge in [-0.3, -0.25) is 14.9 Å². The molecule has 10 heteroatoms. The molecule has 3 rings (SSSR count). The van der Waals surface area contributed by atoms with E-state index in [1.165, 1.54) is 6.42 Å². The molecule has 4 unspecified atom stereocenters. The summed E-state index contributed by atoms with van der Waals surface area (Å²) >= 11 is 0. The van der Waals surface area contributed by atoms with Crippen molar-refractivity contribution in [2.24, 2.45) is 22.7 Å². The average molecular weight is 481 g/mol. The predicted molar refractivity (Wildman–Crippen MR) is 126 cm³/mol. The van der Waals surface area contributed by atoms with Crippen molar-refractivity contribution in [3.63, 3.8) is 0 Å². The highest BCUT2D eigenvalue weighted by molar-refractivity contribution is 5.97. The van der Waals surface area contributed by atoms with Crippen molar-refractivity contribution in [1.82, 2.24) is 15.5 Å². The summed E-state index contributed by atoms with van der Waals surface area (Å²) in [5.74, 6) is 0.140. The number of nitrogens with zero attached hydrogens (tertiary/aromatic N) is 2. The lowest BCUT2D eigenvalue weighted by Crippen LogP contribution is -2.55. The second-order valence-corrected chi connectivity index (χ2v) is 9.54. The van der Waals surface area contributed by atoms with Gasteiger partial charge in [0.1, 0.15) is 12.6 Å². The highest BCUT2D eigenvalue weighted by atomic mass is 16.5. The topological polar surface area (TPSA) is 119 Å². The van der Waals surface area contributed by atoms with E-state index in [4.69, 9.17) is 19.2 Å². The second-order valence-electron chi connectivity index (χ2n) is 9.54. The summed E-state index contributed by atoms with van der Waals surface area (Å²) in [7, 11) is 0. The van der Waals surface area contributed by atoms with Gasteiger partial charge >= 0.3 is 6.09 Å². The van der Waals surface area contributed by atoms with E-state index in [2.05, 4.69) is 10.6 Å². The number of carbonyl (C=O) groups is 3. The zero-order valence-corrected chi connectivity index (χ0v) is 20.7. The number of hydrogen-bond acceptors (Lipinski definition) is 7. The molecule has 0 bridgehead atoms. The van der Waals surface area contributed by atoms with Gasteiger partial charge < -0.3 is 24.4 Å². The molecule has 2 amide bonds. The first-order chi connectivity index (χ1) is 16.4. The zero-order valence-electron chi connectivity index (χ0n) is 20.7. The standard InChI is InChI=1S/C24H40N4O6/c1-4-16(3)20(22(30)25-21-18(5-2)14-33-15-19(21)29)26-23(28-9-11-32-12-10-28)27-24(31)34-13-17-7-6-8-17/h16-18,20-21H,4-15H2,1-3H3,(H,25,30)(H,26,27,31). The lowest BCUT2D eigenvalue weighted by atomic mass is 9.86. The van der Waals surface area contributed by atoms with Crippen LogP contribution in [-0.2, 0) is 23.8 Å². The van der Waals surface area contributed by atoms with E-state index in [0.29, 0.717) is 57.8 Å². The molecule has 192 valence electrons. The minimum atomic E-state index is -0.761. The molecule has 3 fully saturated rings. The number of rotatable bonds is 8. The van der Waals surface area contributed by atoms with Gasteiger partial charge in [0.05, 0.1) is 32.5 Å². The van der Waals surface area contributed by atoms with Crippen molar-refractivity contribution in [3.8, 4) is 0 Å². The predicted octanol–water partition coefficient (Wildman–Crippen LogP) is 1.73. The number of guanidine groups is 1. The van der Waals surface area contributed by atoms with Crippen molar-refractivity contribution >= 4 is 23.7 Å². The lowest BCUT2D eigenvalue weighted by Gasteiger charge is -2.33. The fraction of sp³-hybridized carbons (Fsp3) is 0.833. The van der Waals surface area contributed by atoms with Crippen molar-refractivity contribution in [2.45, 2.75) is 65.0 Å². The second kappa shape index (κ2) is 13.0. The summed E-state index contributed by atoms with van der Waals surface area (Å²) in [6.45, 7) is 8.86. The molecule has 10 nitrogen and oxygen atoms in total. The average Bonchev–Trinajstić information content (AvgIpc) is 2.81. The van der Waals surface area contributed by atoms with Gasteiger partial charge in [0, 0.05) is 19.0 Å². The van der Waals surface area contributed by atoms with Crippen LogP contribution in [0.25, 0.3) is 0 Å². The minimum absolute atomic E-state index is 0.00608. The summed E-state index contributed by atoms with van der Waals surface area (Å²) in [5, 5.41) is 5.72. The Morgan fingerprint density at radius 2 is 1.94 bits per heavy atom. The molecule has 0 aromatic rings. The molecule has 0 radical (unpaired) electrons. The van der Waals surface area contributed by atoms with Gasteiger partial charge in [-0.1, -0.05) is 33.6 Å². The summed E-state index contributed by atoms with van der Waals surface area (Å²) < 4.78 is 16.2. The first-order valence-corrected chi connectivity index (χ1v) is 12.7. The molecular formula is C24H40N4O6. The maximum absolute atomic E-state index is 13.4. The molecule has 4 atom stereocenters. The van der Waals surface area contributed by atoms with Crippen LogP contribution in [-0.4, -0.2) is 86.9 Å². The number of aliphatic imine (C=N–C) groups is 1. The SMILES string of the molecule is CCC(C)C(N=C(NC(=O)OCC1CCC1)N1CCOCC1)C(=O)NC1C(=O)COCC1CC. The van der Waals surface area contributed by atoms with E-state index < -0.39 is 18.2 Å². The van der Waals surface area contributed by atoms with Gasteiger partial charge in [-0.25, -0.2) is 9.79 Å². The minimum Gasteiger partial charge on any atom is -0.449 e. The maximum Gasteiger partial charge on any atom is 0.413 e. The number of hydrogen-bond donors (Lipinski definition) is 2. The van der Waals surface area contributed by atoms with Crippen molar-refractivity contribution in [1.29, 1.82) is 0 Å². The van der Waals surface area contributed by atoms with E-state index in [0.717, 1.165) is 19.3 Å². The van der Waals surface area contributed by atoms with Crippen LogP contribution in [0.15, 0.2) is 4.99 Å². The molecule has 1 saturated carbocycles. The third kappa shape index (κ3) is 7.15. The summed E-state index contributed by atoms with van der Waals surface area (Å²) in [6.07, 6.45) is 4.21. The molecule has 0 spiro atoms. The van der Waals surface area contributed by atoms with Gasteiger partial charge in [-0.2, -0.15) is 0 Å². The number of Topliss-reactive ketones (excluding diaryl/α,β-unsaturated/α-hetero) is 1. The number of amides is 2. The largest absolute Gasteiger partial charge is 0.449 e. The lowest BCUT2D eigenvalue weighted by molar-refractivity contribution is -0.138. The number of alkyl carbamates (subject to hydrolysis) is 1. The number of carbonyl (C=O) groups excluding carboxylic acids is 3. The normalized spacial score (nSPS) is 25.8. The van der Waals surface area contributed by atoms with E-state index in [9.17, 15) is 14.4 Å². The molecular weight excluding hydrogens is 440 g/mol. The first-order valence-electron chi connectivity index (χ1n) is 12.7. The van der Waals surface area contributed by atoms with E-state index >= 15 is 0 Å². The highest BCUT2D eigenvalue weighted by Crippen LogP contribution is 2.26. The summed E-state index contributed by atoms with van der Waals surface area (Å²) in [6, 6.07) is -1.34. The molecule has 2 aliphatic heterocycles. The van der Waals surface area contributed by atoms with Gasteiger partial charge in [0.15, 0.2) is 5.78 Å². The van der Waals surface area contributed by atoms with Crippen LogP contribution in [0.1, 0.15) is 52.9 Å². The fourth-order valence-corrected chi connectivity index (χ4v) is 4.30. The summed E-state index contributed by atoms with van der Waals surface area (Å²) in [4.78, 5) is 45.0. The Labute approximate surface area is 202 Å². The van der Waals surface area contributed by atoms with E-state index in [-0.39, 0.29) is 30.1 Å². The van der Waals surface area contributed by atoms with Crippen LogP contribution in [0.2, 0.25) is 0 Å². The molecule has 2 saturated heterocycles. The quantitative estimate of drug-likeness (QED) is 0.401. The van der Waals surface area contributed by atoms with Gasteiger partial charge in [0.2, 0.25) is 11.9 Å². The van der Waals surface area contributed by atoms with Crippen molar-refractivity contribution < 1.29 is 28.6 Å². The smallest absolute Gasteiger partial charge is 0.413 e. The number of ketones is 1. The molecule has 2 heterocycles. The molecule has 1 aliphatic carbocycles. The Balaban J connectivity index is 1.76. The third-order valence-electron chi connectivity index (χ3n) is 7.13. The van der Waals surface area contributed by atoms with E-state index in [1.807, 2.05) is 25.7 Å². The first kappa shape index (κ1) is 26.4. The molecule has 3 aliphatic rings. The Kier molecular flexibility index (Phi) is 10.1. The van der Waals surface area contributed by atoms with Gasteiger partial charge in [-0.15, -0.1) is 0 Å². The molecule has 0 aromatic heterocycles. The number of ether oxygens (including phenoxy) is 3. The summed E-state index contributed by atoms with van der Waals surface area (Å²) in [5.41, 5.74) is 0. The van der Waals surface area contributed by atoms with Crippen LogP contribution < -0.4 is 10.6 Å². The third-order valence-corrected chi connectivity index (χ3v) is 7.13. The van der Waals surface area contributed by atoms with Crippen LogP contribution >= 0.6 is 0 Å². The van der Waals surface area contributed by atoms with Crippen LogP contribution in [0, 0.1) is 17.8 Å². The zero-order chi connectivity index (χ0) is 24.5. The van der Waals surface area contributed by atoms with Crippen LogP contribution in [0.5, 0.6) is 0 Å². The van der Waals surface area contributed by atoms with Gasteiger partial charge in [0.25, 0.3) is 0 Å². The molecule has 2 N–H and O–H groups in total. The number of morpholine rings is 1. The molecule has 34 heavy (non-hydrogen) atoms. The van der Waals surface area contributed by atoms with E-state index in [1.54, 1.807) is 0 Å². The Morgan fingerprint density at radius 3 is 2.56 bits per heavy atom. The van der Waals surface area contributed by atoms with Gasteiger partial charge in [-0.05, 0) is 31.1 Å². The number of nitrogens with one attached hydrogen (secondary N) is 2. The molecule has 0 aromatic carbocycles. The maximum atomic E-state index is 13.4. The highest BCUT2D eigenvalue weighted by Gasteiger charge is 2.36. The fourth-order valence-electron chi connectivity index (χ4n) is 4.30. The Morgan fingerprint density at radius 1 is 1.21 bits per heavy atom. The van der Waals surface area contributed by atoms with Crippen molar-refractivity contribution in [3.05, 3.63) is 0 Å². The van der Waals surface area contributed by atoms with Crippen molar-refractivity contribution in [2.75, 3.05) is 46.1 Å². The Bertz CT molecular complexity index is 735. The van der Waals surface area contributed by atoms with Crippen LogP contribution in [0.3, 0.4) is 0 Å². The Hall–Kier alpha value is -2.20. The van der Waals surface area contributed by atoms with Crippen LogP contribution in [0.4, 0.5) is 4.79 Å². The monoisotopic (exact) mass is 480 g/mol.